The highest BCUT2D eigenvalue weighted by Crippen LogP contribution is 2.21. The molecule has 2 nitrogen and oxygen atoms in total. The molecule has 0 saturated heterocycles. The lowest BCUT2D eigenvalue weighted by Crippen LogP contribution is -2.22. The van der Waals surface area contributed by atoms with E-state index in [-0.39, 0.29) is 5.91 Å². The molecule has 0 aliphatic heterocycles. The second kappa shape index (κ2) is 6.36. The third kappa shape index (κ3) is 3.34. The molecule has 1 aromatic carbocycles. The minimum Gasteiger partial charge on any atom is -0.347 e. The van der Waals surface area contributed by atoms with Crippen LogP contribution in [0.2, 0.25) is 5.02 Å². The van der Waals surface area contributed by atoms with Crippen molar-refractivity contribution in [3.05, 3.63) is 56.7 Å². The second-order valence-electron chi connectivity index (χ2n) is 3.73. The molecule has 0 unspecified atom stereocenters. The maximum atomic E-state index is 11.9. The van der Waals surface area contributed by atoms with Gasteiger partial charge in [-0.1, -0.05) is 51.8 Å². The molecule has 0 fully saturated rings. The Bertz CT molecular complexity index is 555. The van der Waals surface area contributed by atoms with Crippen LogP contribution in [0.1, 0.15) is 20.8 Å². The van der Waals surface area contributed by atoms with E-state index in [4.69, 9.17) is 11.6 Å². The average Bonchev–Trinajstić information content (AvgIpc) is 2.82. The summed E-state index contributed by atoms with van der Waals surface area (Å²) in [5.74, 6) is -0.126. The van der Waals surface area contributed by atoms with Crippen LogP contribution in [-0.4, -0.2) is 5.91 Å². The molecule has 0 aliphatic rings. The van der Waals surface area contributed by atoms with Crippen molar-refractivity contribution in [1.29, 1.82) is 0 Å². The maximum Gasteiger partial charge on any atom is 0.263 e. The minimum absolute atomic E-state index is 0.126. The van der Waals surface area contributed by atoms with E-state index >= 15 is 0 Å². The topological polar surface area (TPSA) is 29.1 Å². The maximum absolute atomic E-state index is 11.9. The molecule has 0 bridgehead atoms. The van der Waals surface area contributed by atoms with Crippen molar-refractivity contribution in [3.63, 3.8) is 0 Å². The number of carbonyl (C=O) groups excluding carboxylic acids is 1. The highest BCUT2D eigenvalue weighted by atomic mass is 79.9. The van der Waals surface area contributed by atoms with E-state index < -0.39 is 0 Å². The monoisotopic (exact) mass is 343 g/mol. The summed E-state index contributed by atoms with van der Waals surface area (Å²) in [7, 11) is 0. The van der Waals surface area contributed by atoms with Crippen molar-refractivity contribution in [2.45, 2.75) is 11.9 Å². The Morgan fingerprint density at radius 3 is 2.78 bits per heavy atom. The first-order valence-electron chi connectivity index (χ1n) is 5.35. The fourth-order valence-corrected chi connectivity index (χ4v) is 2.95. The first kappa shape index (κ1) is 13.6. The van der Waals surface area contributed by atoms with Crippen molar-refractivity contribution in [3.8, 4) is 0 Å². The second-order valence-corrected chi connectivity index (χ2v) is 5.62. The van der Waals surface area contributed by atoms with Gasteiger partial charge in [-0.05, 0) is 22.6 Å². The molecule has 0 radical (unpaired) electrons. The summed E-state index contributed by atoms with van der Waals surface area (Å²) in [6.07, 6.45) is 0. The molecule has 0 saturated carbocycles. The van der Waals surface area contributed by atoms with E-state index in [0.29, 0.717) is 16.4 Å². The van der Waals surface area contributed by atoms with Crippen LogP contribution < -0.4 is 5.32 Å². The van der Waals surface area contributed by atoms with Crippen LogP contribution in [0.15, 0.2) is 35.7 Å². The summed E-state index contributed by atoms with van der Waals surface area (Å²) in [5.41, 5.74) is 2.27. The number of amides is 1. The molecule has 94 valence electrons. The van der Waals surface area contributed by atoms with Crippen LogP contribution in [0.4, 0.5) is 0 Å². The Kier molecular flexibility index (Phi) is 4.80. The minimum atomic E-state index is -0.126. The molecular weight excluding hydrogens is 334 g/mol. The number of benzene rings is 1. The van der Waals surface area contributed by atoms with Crippen LogP contribution in [0, 0.1) is 0 Å². The fourth-order valence-electron chi connectivity index (χ4n) is 1.54. The van der Waals surface area contributed by atoms with Crippen molar-refractivity contribution in [2.75, 3.05) is 0 Å². The molecule has 1 N–H and O–H groups in total. The summed E-state index contributed by atoms with van der Waals surface area (Å²) in [6.45, 7) is 0.508. The summed E-state index contributed by atoms with van der Waals surface area (Å²) < 4.78 is 0. The number of halogens is 2. The molecule has 5 heteroatoms. The Hall–Kier alpha value is -0.840. The van der Waals surface area contributed by atoms with E-state index in [9.17, 15) is 4.79 Å². The molecule has 1 heterocycles. The quantitative estimate of drug-likeness (QED) is 0.826. The van der Waals surface area contributed by atoms with Gasteiger partial charge in [0.25, 0.3) is 5.91 Å². The Labute approximate surface area is 123 Å². The fraction of sp³-hybridized carbons (Fsp3) is 0.154. The van der Waals surface area contributed by atoms with Gasteiger partial charge >= 0.3 is 0 Å². The van der Waals surface area contributed by atoms with E-state index in [0.717, 1.165) is 10.9 Å². The van der Waals surface area contributed by atoms with Crippen LogP contribution in [-0.2, 0) is 11.9 Å². The summed E-state index contributed by atoms with van der Waals surface area (Å²) in [5, 5.41) is 5.99. The standard InChI is InChI=1S/C13H11BrClNOS/c14-7-9-2-1-3-10(6-9)8-16-13(17)12-11(15)4-5-18-12/h1-6H,7-8H2,(H,16,17). The van der Waals surface area contributed by atoms with Gasteiger partial charge in [-0.15, -0.1) is 11.3 Å². The van der Waals surface area contributed by atoms with Crippen molar-refractivity contribution >= 4 is 44.8 Å². The number of hydrogen-bond donors (Lipinski definition) is 1. The highest BCUT2D eigenvalue weighted by molar-refractivity contribution is 9.08. The predicted octanol–water partition coefficient (Wildman–Crippen LogP) is 4.23. The zero-order valence-electron chi connectivity index (χ0n) is 9.45. The van der Waals surface area contributed by atoms with Gasteiger partial charge in [-0.3, -0.25) is 4.79 Å². The van der Waals surface area contributed by atoms with E-state index in [2.05, 4.69) is 27.3 Å². The molecule has 0 spiro atoms. The van der Waals surface area contributed by atoms with Gasteiger partial charge in [-0.2, -0.15) is 0 Å². The predicted molar refractivity (Wildman–Crippen MR) is 79.6 cm³/mol. The highest BCUT2D eigenvalue weighted by Gasteiger charge is 2.11. The van der Waals surface area contributed by atoms with Gasteiger partial charge in [0.15, 0.2) is 0 Å². The van der Waals surface area contributed by atoms with Crippen LogP contribution in [0.3, 0.4) is 0 Å². The summed E-state index contributed by atoms with van der Waals surface area (Å²) in [4.78, 5) is 12.4. The first-order chi connectivity index (χ1) is 8.70. The Morgan fingerprint density at radius 2 is 2.11 bits per heavy atom. The van der Waals surface area contributed by atoms with E-state index in [1.165, 1.54) is 16.9 Å². The molecule has 0 atom stereocenters. The molecule has 18 heavy (non-hydrogen) atoms. The third-order valence-corrected chi connectivity index (χ3v) is 4.41. The number of thiophene rings is 1. The lowest BCUT2D eigenvalue weighted by atomic mass is 10.1. The normalized spacial score (nSPS) is 10.3. The molecule has 1 aromatic heterocycles. The SMILES string of the molecule is O=C(NCc1cccc(CBr)c1)c1sccc1Cl. The van der Waals surface area contributed by atoms with E-state index in [1.807, 2.05) is 23.6 Å². The van der Waals surface area contributed by atoms with Crippen LogP contribution in [0.5, 0.6) is 0 Å². The average molecular weight is 345 g/mol. The van der Waals surface area contributed by atoms with Gasteiger partial charge in [0.2, 0.25) is 0 Å². The molecule has 2 aromatic rings. The number of rotatable bonds is 4. The van der Waals surface area contributed by atoms with Gasteiger partial charge in [0, 0.05) is 11.9 Å². The molecular formula is C13H11BrClNOS. The van der Waals surface area contributed by atoms with Crippen molar-refractivity contribution < 1.29 is 4.79 Å². The number of hydrogen-bond acceptors (Lipinski definition) is 2. The van der Waals surface area contributed by atoms with Crippen LogP contribution in [0.25, 0.3) is 0 Å². The number of alkyl halides is 1. The zero-order chi connectivity index (χ0) is 13.0. The van der Waals surface area contributed by atoms with Gasteiger partial charge in [0.1, 0.15) is 4.88 Å². The first-order valence-corrected chi connectivity index (χ1v) is 7.73. The Morgan fingerprint density at radius 1 is 1.33 bits per heavy atom. The summed E-state index contributed by atoms with van der Waals surface area (Å²) in [6, 6.07) is 9.80. The van der Waals surface area contributed by atoms with Crippen LogP contribution >= 0.6 is 38.9 Å². The zero-order valence-corrected chi connectivity index (χ0v) is 12.6. The molecule has 1 amide bonds. The smallest absolute Gasteiger partial charge is 0.263 e. The summed E-state index contributed by atoms with van der Waals surface area (Å²) >= 11 is 10.7. The third-order valence-electron chi connectivity index (χ3n) is 2.42. The number of nitrogens with one attached hydrogen (secondary N) is 1. The van der Waals surface area contributed by atoms with Gasteiger partial charge < -0.3 is 5.32 Å². The van der Waals surface area contributed by atoms with Crippen molar-refractivity contribution in [1.82, 2.24) is 5.32 Å². The lowest BCUT2D eigenvalue weighted by molar-refractivity contribution is 0.0955. The van der Waals surface area contributed by atoms with Gasteiger partial charge in [0.05, 0.1) is 5.02 Å². The molecule has 0 aliphatic carbocycles. The molecule has 2 rings (SSSR count). The Balaban J connectivity index is 1.99. The number of carbonyl (C=O) groups is 1. The largest absolute Gasteiger partial charge is 0.347 e. The lowest BCUT2D eigenvalue weighted by Gasteiger charge is -2.05. The van der Waals surface area contributed by atoms with Gasteiger partial charge in [-0.25, -0.2) is 0 Å². The van der Waals surface area contributed by atoms with Crippen molar-refractivity contribution in [2.24, 2.45) is 0 Å². The van der Waals surface area contributed by atoms with E-state index in [1.54, 1.807) is 6.07 Å².